The highest BCUT2D eigenvalue weighted by Gasteiger charge is 2.10. The average molecular weight is 415 g/mol. The van der Waals surface area contributed by atoms with E-state index in [1.54, 1.807) is 13.2 Å². The van der Waals surface area contributed by atoms with Gasteiger partial charge < -0.3 is 19.8 Å². The van der Waals surface area contributed by atoms with E-state index < -0.39 is 0 Å². The zero-order valence-electron chi connectivity index (χ0n) is 17.8. The van der Waals surface area contributed by atoms with Crippen molar-refractivity contribution in [3.05, 3.63) is 95.5 Å². The van der Waals surface area contributed by atoms with Crippen molar-refractivity contribution in [1.29, 1.82) is 0 Å². The summed E-state index contributed by atoms with van der Waals surface area (Å²) in [6, 6.07) is 21.9. The molecule has 0 radical (unpaired) electrons. The molecule has 2 aromatic carbocycles. The van der Waals surface area contributed by atoms with Crippen molar-refractivity contribution in [1.82, 2.24) is 15.6 Å². The third-order valence-corrected chi connectivity index (χ3v) is 5.05. The van der Waals surface area contributed by atoms with Crippen LogP contribution < -0.4 is 15.4 Å². The lowest BCUT2D eigenvalue weighted by molar-refractivity contribution is 0.301. The highest BCUT2D eigenvalue weighted by atomic mass is 16.5. The van der Waals surface area contributed by atoms with Crippen molar-refractivity contribution in [2.24, 2.45) is 4.99 Å². The number of furan rings is 1. The summed E-state index contributed by atoms with van der Waals surface area (Å²) in [6.07, 6.45) is 1.77. The Hall–Kier alpha value is -3.80. The largest absolute Gasteiger partial charge is 0.487 e. The van der Waals surface area contributed by atoms with Crippen molar-refractivity contribution in [3.8, 4) is 5.75 Å². The van der Waals surface area contributed by atoms with Gasteiger partial charge in [-0.05, 0) is 42.8 Å². The van der Waals surface area contributed by atoms with Gasteiger partial charge in [-0.3, -0.25) is 9.98 Å². The van der Waals surface area contributed by atoms with E-state index in [-0.39, 0.29) is 0 Å². The van der Waals surface area contributed by atoms with Crippen molar-refractivity contribution in [2.75, 3.05) is 7.05 Å². The molecular formula is C25H26N4O2. The molecule has 0 aliphatic carbocycles. The second-order valence-electron chi connectivity index (χ2n) is 7.18. The summed E-state index contributed by atoms with van der Waals surface area (Å²) < 4.78 is 11.8. The summed E-state index contributed by atoms with van der Waals surface area (Å²) in [5, 5.41) is 7.81. The molecule has 158 valence electrons. The van der Waals surface area contributed by atoms with Gasteiger partial charge in [-0.15, -0.1) is 0 Å². The van der Waals surface area contributed by atoms with Crippen molar-refractivity contribution < 1.29 is 9.15 Å². The van der Waals surface area contributed by atoms with Gasteiger partial charge in [0.05, 0.1) is 12.2 Å². The predicted octanol–water partition coefficient (Wildman–Crippen LogP) is 4.58. The molecule has 6 heteroatoms. The van der Waals surface area contributed by atoms with Crippen LogP contribution in [0.15, 0.2) is 82.3 Å². The fraction of sp³-hybridized carbons (Fsp3) is 0.200. The van der Waals surface area contributed by atoms with E-state index >= 15 is 0 Å². The Morgan fingerprint density at radius 2 is 1.84 bits per heavy atom. The molecule has 0 saturated heterocycles. The maximum atomic E-state index is 5.97. The van der Waals surface area contributed by atoms with Crippen LogP contribution >= 0.6 is 0 Å². The summed E-state index contributed by atoms with van der Waals surface area (Å²) in [6.45, 7) is 3.71. The van der Waals surface area contributed by atoms with Gasteiger partial charge in [0.2, 0.25) is 0 Å². The smallest absolute Gasteiger partial charge is 0.191 e. The molecule has 4 aromatic rings. The van der Waals surface area contributed by atoms with Crippen LogP contribution in [-0.2, 0) is 19.7 Å². The van der Waals surface area contributed by atoms with Gasteiger partial charge in [0.15, 0.2) is 5.96 Å². The van der Waals surface area contributed by atoms with Crippen molar-refractivity contribution in [3.63, 3.8) is 0 Å². The first-order valence-corrected chi connectivity index (χ1v) is 10.3. The Balaban J connectivity index is 1.31. The van der Waals surface area contributed by atoms with Crippen molar-refractivity contribution >= 4 is 16.9 Å². The third-order valence-electron chi connectivity index (χ3n) is 5.05. The normalized spacial score (nSPS) is 11.5. The highest BCUT2D eigenvalue weighted by molar-refractivity contribution is 5.82. The molecule has 4 rings (SSSR count). The summed E-state index contributed by atoms with van der Waals surface area (Å²) in [5.41, 5.74) is 4.05. The minimum Gasteiger partial charge on any atom is -0.487 e. The summed E-state index contributed by atoms with van der Waals surface area (Å²) in [5.74, 6) is 2.43. The number of ether oxygens (including phenoxy) is 1. The first-order valence-electron chi connectivity index (χ1n) is 10.3. The molecule has 31 heavy (non-hydrogen) atoms. The zero-order chi connectivity index (χ0) is 21.5. The van der Waals surface area contributed by atoms with Gasteiger partial charge in [0.1, 0.15) is 23.7 Å². The second-order valence-corrected chi connectivity index (χ2v) is 7.18. The Morgan fingerprint density at radius 3 is 2.65 bits per heavy atom. The maximum absolute atomic E-state index is 5.97. The minimum absolute atomic E-state index is 0.442. The number of pyridine rings is 1. The first-order chi connectivity index (χ1) is 15.2. The average Bonchev–Trinajstić information content (AvgIpc) is 3.14. The first kappa shape index (κ1) is 20.5. The Bertz CT molecular complexity index is 1170. The number of aromatic nitrogens is 1. The fourth-order valence-corrected chi connectivity index (χ4v) is 3.35. The zero-order valence-corrected chi connectivity index (χ0v) is 17.8. The minimum atomic E-state index is 0.442. The highest BCUT2D eigenvalue weighted by Crippen LogP contribution is 2.24. The molecule has 2 heterocycles. The number of fused-ring (bicyclic) bond motifs is 1. The van der Waals surface area contributed by atoms with E-state index in [0.717, 1.165) is 39.3 Å². The number of aliphatic imine (C=N–C) groups is 1. The van der Waals surface area contributed by atoms with Crippen LogP contribution in [0.3, 0.4) is 0 Å². The Kier molecular flexibility index (Phi) is 6.47. The van der Waals surface area contributed by atoms with Gasteiger partial charge in [0.25, 0.3) is 0 Å². The number of aryl methyl sites for hydroxylation is 1. The molecule has 0 atom stereocenters. The van der Waals surface area contributed by atoms with E-state index in [9.17, 15) is 0 Å². The van der Waals surface area contributed by atoms with Crippen LogP contribution in [0.4, 0.5) is 0 Å². The number of nitrogens with zero attached hydrogens (tertiary/aromatic N) is 2. The maximum Gasteiger partial charge on any atom is 0.191 e. The van der Waals surface area contributed by atoms with Gasteiger partial charge in [-0.2, -0.15) is 0 Å². The topological polar surface area (TPSA) is 71.7 Å². The van der Waals surface area contributed by atoms with Crippen LogP contribution in [0.25, 0.3) is 11.0 Å². The molecule has 2 aromatic heterocycles. The molecule has 0 amide bonds. The number of rotatable bonds is 7. The molecule has 0 aliphatic rings. The molecule has 2 N–H and O–H groups in total. The molecule has 0 spiro atoms. The van der Waals surface area contributed by atoms with Gasteiger partial charge in [0, 0.05) is 30.7 Å². The summed E-state index contributed by atoms with van der Waals surface area (Å²) in [4.78, 5) is 8.60. The Morgan fingerprint density at radius 1 is 1.00 bits per heavy atom. The van der Waals surface area contributed by atoms with Crippen LogP contribution in [0.5, 0.6) is 5.75 Å². The molecule has 6 nitrogen and oxygen atoms in total. The molecule has 0 fully saturated rings. The number of benzene rings is 2. The molecule has 0 bridgehead atoms. The number of hydrogen-bond acceptors (Lipinski definition) is 4. The summed E-state index contributed by atoms with van der Waals surface area (Å²) in [7, 11) is 1.76. The second kappa shape index (κ2) is 9.80. The number of nitrogens with one attached hydrogen (secondary N) is 2. The number of guanidine groups is 1. The number of hydrogen-bond donors (Lipinski definition) is 2. The van der Waals surface area contributed by atoms with E-state index in [1.807, 2.05) is 54.6 Å². The van der Waals surface area contributed by atoms with E-state index in [4.69, 9.17) is 9.15 Å². The molecular weight excluding hydrogens is 388 g/mol. The molecule has 0 saturated carbocycles. The van der Waals surface area contributed by atoms with E-state index in [2.05, 4.69) is 39.7 Å². The van der Waals surface area contributed by atoms with Crippen LogP contribution in [0.1, 0.15) is 22.6 Å². The van der Waals surface area contributed by atoms with E-state index in [0.29, 0.717) is 25.7 Å². The van der Waals surface area contributed by atoms with Crippen LogP contribution in [-0.4, -0.2) is 18.0 Å². The molecule has 0 unspecified atom stereocenters. The molecule has 0 aliphatic heterocycles. The van der Waals surface area contributed by atoms with Gasteiger partial charge in [-0.25, -0.2) is 0 Å². The third kappa shape index (κ3) is 5.22. The SMILES string of the molecule is CN=C(NCc1cccc(OCc2ccccn2)c1)NCc1oc2ccccc2c1C. The van der Waals surface area contributed by atoms with E-state index in [1.165, 1.54) is 0 Å². The standard InChI is InChI=1S/C25H26N4O2/c1-18-22-11-3-4-12-23(22)31-24(18)16-29-25(26-2)28-15-19-8-7-10-21(14-19)30-17-20-9-5-6-13-27-20/h3-14H,15-17H2,1-2H3,(H2,26,28,29). The number of para-hydroxylation sites is 1. The predicted molar refractivity (Wildman–Crippen MR) is 123 cm³/mol. The quantitative estimate of drug-likeness (QED) is 0.342. The lowest BCUT2D eigenvalue weighted by Crippen LogP contribution is -2.36. The lowest BCUT2D eigenvalue weighted by Gasteiger charge is -2.12. The lowest BCUT2D eigenvalue weighted by atomic mass is 10.1. The van der Waals surface area contributed by atoms with Gasteiger partial charge >= 0.3 is 0 Å². The summed E-state index contributed by atoms with van der Waals surface area (Å²) >= 11 is 0. The van der Waals surface area contributed by atoms with Gasteiger partial charge in [-0.1, -0.05) is 36.4 Å². The van der Waals surface area contributed by atoms with Crippen LogP contribution in [0.2, 0.25) is 0 Å². The monoisotopic (exact) mass is 414 g/mol. The fourth-order valence-electron chi connectivity index (χ4n) is 3.35. The Labute approximate surface area is 182 Å². The van der Waals surface area contributed by atoms with Crippen LogP contribution in [0, 0.1) is 6.92 Å². The van der Waals surface area contributed by atoms with Crippen molar-refractivity contribution in [2.45, 2.75) is 26.6 Å².